The molecule has 10 rings (SSSR count). The molecule has 0 N–H and O–H groups in total. The van der Waals surface area contributed by atoms with Crippen molar-refractivity contribution in [3.63, 3.8) is 0 Å². The Morgan fingerprint density at radius 1 is 0.250 bits per heavy atom. The monoisotopic (exact) mass is 713 g/mol. The molecule has 0 spiro atoms. The maximum atomic E-state index is 2.40. The topological polar surface area (TPSA) is 3.24 Å². The summed E-state index contributed by atoms with van der Waals surface area (Å²) in [5.74, 6) is 0. The van der Waals surface area contributed by atoms with Gasteiger partial charge in [-0.3, -0.25) is 0 Å². The first-order chi connectivity index (χ1) is 27.8. The Morgan fingerprint density at radius 2 is 0.625 bits per heavy atom. The highest BCUT2D eigenvalue weighted by atomic mass is 15.1. The lowest BCUT2D eigenvalue weighted by Crippen LogP contribution is -2.28. The maximum Gasteiger partial charge on any atom is 0.0713 e. The number of hydrogen-bond donors (Lipinski definition) is 0. The quantitative estimate of drug-likeness (QED) is 0.152. The summed E-state index contributed by atoms with van der Waals surface area (Å²) < 4.78 is 0. The average Bonchev–Trinajstić information content (AvgIpc) is 3.59. The first-order valence-corrected chi connectivity index (χ1v) is 19.3. The van der Waals surface area contributed by atoms with E-state index in [4.69, 9.17) is 0 Å². The lowest BCUT2D eigenvalue weighted by atomic mass is 9.68. The minimum atomic E-state index is -0.450. The van der Waals surface area contributed by atoms with Crippen LogP contribution in [0, 0.1) is 0 Å². The highest BCUT2D eigenvalue weighted by molar-refractivity contribution is 5.87. The van der Waals surface area contributed by atoms with E-state index in [0.717, 1.165) is 17.1 Å². The van der Waals surface area contributed by atoms with Crippen molar-refractivity contribution in [2.45, 2.75) is 5.41 Å². The highest BCUT2D eigenvalue weighted by Crippen LogP contribution is 2.56. The molecule has 0 amide bonds. The fourth-order valence-corrected chi connectivity index (χ4v) is 8.81. The van der Waals surface area contributed by atoms with Gasteiger partial charge in [-0.2, -0.15) is 0 Å². The second-order valence-corrected chi connectivity index (χ2v) is 14.5. The van der Waals surface area contributed by atoms with Crippen molar-refractivity contribution < 1.29 is 0 Å². The molecule has 0 aromatic heterocycles. The lowest BCUT2D eigenvalue weighted by molar-refractivity contribution is 0.768. The van der Waals surface area contributed by atoms with Gasteiger partial charge in [-0.15, -0.1) is 0 Å². The summed E-state index contributed by atoms with van der Waals surface area (Å²) >= 11 is 0. The minimum absolute atomic E-state index is 0.450. The van der Waals surface area contributed by atoms with Gasteiger partial charge in [0.05, 0.1) is 5.41 Å². The van der Waals surface area contributed by atoms with Crippen molar-refractivity contribution in [2.75, 3.05) is 4.90 Å². The van der Waals surface area contributed by atoms with Crippen LogP contribution < -0.4 is 4.90 Å². The molecule has 1 aliphatic rings. The molecule has 0 heterocycles. The van der Waals surface area contributed by atoms with Crippen LogP contribution in [0.2, 0.25) is 0 Å². The van der Waals surface area contributed by atoms with Crippen LogP contribution in [0.4, 0.5) is 17.1 Å². The van der Waals surface area contributed by atoms with Crippen LogP contribution in [0.1, 0.15) is 22.3 Å². The van der Waals surface area contributed by atoms with Gasteiger partial charge in [0.25, 0.3) is 0 Å². The van der Waals surface area contributed by atoms with E-state index in [1.54, 1.807) is 0 Å². The fourth-order valence-electron chi connectivity index (χ4n) is 8.81. The van der Waals surface area contributed by atoms with Crippen LogP contribution in [0.5, 0.6) is 0 Å². The Labute approximate surface area is 329 Å². The third-order valence-electron chi connectivity index (χ3n) is 11.3. The standard InChI is InChI=1S/C55H39N/c1-4-17-40(18-5-1)42-21-14-22-43(37-42)45-24-16-28-50(39-45)56(49-27-15-23-44(38-49)41-19-6-2-7-20-41)48-35-33-47(34-36-48)55(46-25-8-3-9-26-46)53-31-12-10-29-51(53)52-30-11-13-32-54(52)55/h1-39H. The molecule has 264 valence electrons. The summed E-state index contributed by atoms with van der Waals surface area (Å²) in [5.41, 5.74) is 17.7. The Kier molecular flexibility index (Phi) is 8.46. The van der Waals surface area contributed by atoms with Gasteiger partial charge in [-0.05, 0) is 109 Å². The summed E-state index contributed by atoms with van der Waals surface area (Å²) in [6, 6.07) is 86.1. The van der Waals surface area contributed by atoms with Gasteiger partial charge in [0.2, 0.25) is 0 Å². The number of benzene rings is 9. The molecule has 1 aliphatic carbocycles. The van der Waals surface area contributed by atoms with Gasteiger partial charge in [0.15, 0.2) is 0 Å². The molecule has 9 aromatic rings. The van der Waals surface area contributed by atoms with Crippen molar-refractivity contribution in [1.82, 2.24) is 0 Å². The molecular formula is C55H39N. The minimum Gasteiger partial charge on any atom is -0.310 e. The molecule has 0 bridgehead atoms. The molecule has 0 radical (unpaired) electrons. The van der Waals surface area contributed by atoms with Crippen molar-refractivity contribution in [3.8, 4) is 44.5 Å². The Hall–Kier alpha value is -7.22. The molecule has 0 fully saturated rings. The number of nitrogens with zero attached hydrogens (tertiary/aromatic N) is 1. The van der Waals surface area contributed by atoms with E-state index in [2.05, 4.69) is 241 Å². The lowest BCUT2D eigenvalue weighted by Gasteiger charge is -2.34. The summed E-state index contributed by atoms with van der Waals surface area (Å²) in [7, 11) is 0. The van der Waals surface area contributed by atoms with E-state index in [0.29, 0.717) is 0 Å². The van der Waals surface area contributed by atoms with Crippen molar-refractivity contribution in [1.29, 1.82) is 0 Å². The van der Waals surface area contributed by atoms with Crippen LogP contribution in [-0.4, -0.2) is 0 Å². The molecule has 9 aromatic carbocycles. The summed E-state index contributed by atoms with van der Waals surface area (Å²) in [6.07, 6.45) is 0. The third kappa shape index (κ3) is 5.73. The number of fused-ring (bicyclic) bond motifs is 3. The van der Waals surface area contributed by atoms with Crippen LogP contribution in [0.15, 0.2) is 237 Å². The third-order valence-corrected chi connectivity index (χ3v) is 11.3. The van der Waals surface area contributed by atoms with Gasteiger partial charge in [0.1, 0.15) is 0 Å². The Morgan fingerprint density at radius 3 is 1.16 bits per heavy atom. The molecule has 0 saturated heterocycles. The fraction of sp³-hybridized carbons (Fsp3) is 0.0182. The molecule has 1 nitrogen and oxygen atoms in total. The zero-order chi connectivity index (χ0) is 37.3. The van der Waals surface area contributed by atoms with E-state index >= 15 is 0 Å². The maximum absolute atomic E-state index is 2.40. The Balaban J connectivity index is 1.13. The van der Waals surface area contributed by atoms with Crippen molar-refractivity contribution in [2.24, 2.45) is 0 Å². The summed E-state index contributed by atoms with van der Waals surface area (Å²) in [5, 5.41) is 0. The first kappa shape index (κ1) is 33.4. The number of rotatable bonds is 8. The second kappa shape index (κ2) is 14.2. The molecule has 0 saturated carbocycles. The van der Waals surface area contributed by atoms with Crippen LogP contribution >= 0.6 is 0 Å². The van der Waals surface area contributed by atoms with Crippen molar-refractivity contribution >= 4 is 17.1 Å². The molecular weight excluding hydrogens is 675 g/mol. The molecule has 0 atom stereocenters. The predicted molar refractivity (Wildman–Crippen MR) is 235 cm³/mol. The number of hydrogen-bond acceptors (Lipinski definition) is 1. The zero-order valence-corrected chi connectivity index (χ0v) is 31.0. The van der Waals surface area contributed by atoms with E-state index in [1.165, 1.54) is 66.8 Å². The van der Waals surface area contributed by atoms with Gasteiger partial charge >= 0.3 is 0 Å². The molecule has 56 heavy (non-hydrogen) atoms. The van der Waals surface area contributed by atoms with Crippen LogP contribution in [-0.2, 0) is 5.41 Å². The van der Waals surface area contributed by atoms with Gasteiger partial charge in [-0.25, -0.2) is 0 Å². The molecule has 1 heteroatoms. The van der Waals surface area contributed by atoms with Gasteiger partial charge < -0.3 is 4.90 Å². The number of anilines is 3. The SMILES string of the molecule is c1ccc(-c2cccc(-c3cccc(N(c4ccc(C5(c6ccccc6)c6ccccc6-c6ccccc65)cc4)c4cccc(-c5ccccc5)c4)c3)c2)cc1. The molecule has 0 aliphatic heterocycles. The van der Waals surface area contributed by atoms with E-state index < -0.39 is 5.41 Å². The first-order valence-electron chi connectivity index (χ1n) is 19.3. The van der Waals surface area contributed by atoms with Gasteiger partial charge in [-0.1, -0.05) is 194 Å². The highest BCUT2D eigenvalue weighted by Gasteiger charge is 2.45. The summed E-state index contributed by atoms with van der Waals surface area (Å²) in [4.78, 5) is 2.40. The largest absolute Gasteiger partial charge is 0.310 e. The van der Waals surface area contributed by atoms with E-state index in [-0.39, 0.29) is 0 Å². The van der Waals surface area contributed by atoms with Crippen molar-refractivity contribution in [3.05, 3.63) is 259 Å². The predicted octanol–water partition coefficient (Wildman–Crippen LogP) is 14.5. The van der Waals surface area contributed by atoms with E-state index in [1.807, 2.05) is 0 Å². The van der Waals surface area contributed by atoms with E-state index in [9.17, 15) is 0 Å². The Bertz CT molecular complexity index is 2740. The normalized spacial score (nSPS) is 12.4. The van der Waals surface area contributed by atoms with Crippen LogP contribution in [0.3, 0.4) is 0 Å². The molecule has 0 unspecified atom stereocenters. The average molecular weight is 714 g/mol. The summed E-state index contributed by atoms with van der Waals surface area (Å²) in [6.45, 7) is 0. The van der Waals surface area contributed by atoms with Crippen LogP contribution in [0.25, 0.3) is 44.5 Å². The smallest absolute Gasteiger partial charge is 0.0713 e. The second-order valence-electron chi connectivity index (χ2n) is 14.5. The zero-order valence-electron chi connectivity index (χ0n) is 31.0. The van der Waals surface area contributed by atoms with Gasteiger partial charge in [0, 0.05) is 17.1 Å².